The van der Waals surface area contributed by atoms with Crippen LogP contribution in [0.2, 0.25) is 0 Å². The van der Waals surface area contributed by atoms with Gasteiger partial charge in [-0.3, -0.25) is 30.6 Å². The third-order valence-electron chi connectivity index (χ3n) is 3.33. The Kier molecular flexibility index (Phi) is 6.20. The van der Waals surface area contributed by atoms with Gasteiger partial charge in [-0.25, -0.2) is 4.39 Å². The average molecular weight is 361 g/mol. The molecule has 0 unspecified atom stereocenters. The maximum atomic E-state index is 12.8. The van der Waals surface area contributed by atoms with Crippen LogP contribution < -0.4 is 15.6 Å². The number of rotatable bonds is 6. The van der Waals surface area contributed by atoms with Gasteiger partial charge in [-0.2, -0.15) is 0 Å². The summed E-state index contributed by atoms with van der Waals surface area (Å²) >= 11 is 0. The Morgan fingerprint density at radius 3 is 2.31 bits per heavy atom. The van der Waals surface area contributed by atoms with Crippen molar-refractivity contribution >= 4 is 17.5 Å². The van der Waals surface area contributed by atoms with Gasteiger partial charge in [0.15, 0.2) is 6.10 Å². The monoisotopic (exact) mass is 361 g/mol. The maximum Gasteiger partial charge on any atom is 0.279 e. The molecule has 2 rings (SSSR count). The van der Waals surface area contributed by atoms with Crippen molar-refractivity contribution in [2.75, 3.05) is 0 Å². The van der Waals surface area contributed by atoms with Crippen molar-refractivity contribution in [1.29, 1.82) is 0 Å². The van der Waals surface area contributed by atoms with Gasteiger partial charge >= 0.3 is 0 Å². The second-order valence-electron chi connectivity index (χ2n) is 5.35. The Morgan fingerprint density at radius 2 is 1.73 bits per heavy atom. The Morgan fingerprint density at radius 1 is 1.12 bits per heavy atom. The maximum absolute atomic E-state index is 12.8. The molecule has 2 amide bonds. The van der Waals surface area contributed by atoms with Crippen LogP contribution in [0.4, 0.5) is 10.1 Å². The molecule has 0 saturated heterocycles. The van der Waals surface area contributed by atoms with Crippen LogP contribution in [0.25, 0.3) is 0 Å². The van der Waals surface area contributed by atoms with Gasteiger partial charge in [-0.1, -0.05) is 12.1 Å². The average Bonchev–Trinajstić information content (AvgIpc) is 2.62. The summed E-state index contributed by atoms with van der Waals surface area (Å²) in [5.74, 6) is -1.20. The van der Waals surface area contributed by atoms with E-state index in [9.17, 15) is 24.1 Å². The third kappa shape index (κ3) is 5.55. The second kappa shape index (κ2) is 8.56. The lowest BCUT2D eigenvalue weighted by Crippen LogP contribution is -2.47. The second-order valence-corrected chi connectivity index (χ2v) is 5.35. The van der Waals surface area contributed by atoms with Crippen LogP contribution in [0, 0.1) is 15.9 Å². The summed E-state index contributed by atoms with van der Waals surface area (Å²) in [7, 11) is 0. The molecule has 0 saturated carbocycles. The van der Waals surface area contributed by atoms with E-state index in [1.165, 1.54) is 55.5 Å². The summed E-state index contributed by atoms with van der Waals surface area (Å²) < 4.78 is 18.1. The number of hydrogen-bond donors (Lipinski definition) is 2. The predicted octanol–water partition coefficient (Wildman–Crippen LogP) is 1.89. The van der Waals surface area contributed by atoms with Crippen LogP contribution >= 0.6 is 0 Å². The summed E-state index contributed by atoms with van der Waals surface area (Å²) in [4.78, 5) is 33.7. The fourth-order valence-electron chi connectivity index (χ4n) is 1.97. The van der Waals surface area contributed by atoms with Gasteiger partial charge in [-0.15, -0.1) is 0 Å². The first-order chi connectivity index (χ1) is 12.3. The molecule has 2 aromatic rings. The van der Waals surface area contributed by atoms with Gasteiger partial charge in [-0.05, 0) is 36.8 Å². The van der Waals surface area contributed by atoms with Crippen LogP contribution in [-0.4, -0.2) is 22.8 Å². The van der Waals surface area contributed by atoms with E-state index in [4.69, 9.17) is 4.74 Å². The van der Waals surface area contributed by atoms with Crippen molar-refractivity contribution in [1.82, 2.24) is 10.9 Å². The molecule has 0 aromatic heterocycles. The van der Waals surface area contributed by atoms with Crippen molar-refractivity contribution in [3.63, 3.8) is 0 Å². The van der Waals surface area contributed by atoms with Gasteiger partial charge < -0.3 is 4.74 Å². The predicted molar refractivity (Wildman–Crippen MR) is 89.6 cm³/mol. The van der Waals surface area contributed by atoms with Crippen LogP contribution in [0.5, 0.6) is 5.75 Å². The van der Waals surface area contributed by atoms with E-state index in [1.807, 2.05) is 0 Å². The summed E-state index contributed by atoms with van der Waals surface area (Å²) in [6, 6.07) is 10.7. The molecular formula is C17H16FN3O5. The van der Waals surface area contributed by atoms with Crippen LogP contribution in [0.15, 0.2) is 48.5 Å². The number of ether oxygens (including phenoxy) is 1. The largest absolute Gasteiger partial charge is 0.481 e. The lowest BCUT2D eigenvalue weighted by Gasteiger charge is -2.15. The molecule has 0 heterocycles. The first-order valence-electron chi connectivity index (χ1n) is 7.59. The number of hydrazine groups is 1. The van der Waals surface area contributed by atoms with Crippen LogP contribution in [0.3, 0.4) is 0 Å². The molecule has 136 valence electrons. The molecule has 2 aromatic carbocycles. The fourth-order valence-corrected chi connectivity index (χ4v) is 1.97. The molecule has 26 heavy (non-hydrogen) atoms. The minimum Gasteiger partial charge on any atom is -0.481 e. The Labute approximate surface area is 148 Å². The molecular weight excluding hydrogens is 345 g/mol. The molecule has 0 aliphatic carbocycles. The summed E-state index contributed by atoms with van der Waals surface area (Å²) in [5, 5.41) is 10.6. The topological polar surface area (TPSA) is 111 Å². The zero-order chi connectivity index (χ0) is 19.1. The van der Waals surface area contributed by atoms with E-state index in [1.54, 1.807) is 0 Å². The molecule has 0 aliphatic heterocycles. The number of nitrogens with one attached hydrogen (secondary N) is 2. The quantitative estimate of drug-likeness (QED) is 0.603. The number of carbonyl (C=O) groups excluding carboxylic acids is 2. The van der Waals surface area contributed by atoms with Gasteiger partial charge in [0.05, 0.1) is 11.3 Å². The summed E-state index contributed by atoms with van der Waals surface area (Å²) in [6.07, 6.45) is -0.981. The van der Waals surface area contributed by atoms with Gasteiger partial charge in [0.2, 0.25) is 5.91 Å². The van der Waals surface area contributed by atoms with Crippen molar-refractivity contribution in [3.05, 3.63) is 70.0 Å². The molecule has 0 bridgehead atoms. The number of non-ortho nitro benzene ring substituents is 1. The highest BCUT2D eigenvalue weighted by molar-refractivity contribution is 5.85. The van der Waals surface area contributed by atoms with E-state index in [-0.39, 0.29) is 12.1 Å². The Hall–Kier alpha value is -3.49. The third-order valence-corrected chi connectivity index (χ3v) is 3.33. The summed E-state index contributed by atoms with van der Waals surface area (Å²) in [5.41, 5.74) is 4.93. The SMILES string of the molecule is C[C@H](Oc1ccc(F)cc1)C(=O)NNC(=O)Cc1ccc([N+](=O)[O-])cc1. The van der Waals surface area contributed by atoms with E-state index < -0.39 is 28.7 Å². The minimum atomic E-state index is -0.917. The lowest BCUT2D eigenvalue weighted by molar-refractivity contribution is -0.384. The highest BCUT2D eigenvalue weighted by Crippen LogP contribution is 2.13. The number of halogens is 1. The number of hydrogen-bond acceptors (Lipinski definition) is 5. The number of benzene rings is 2. The van der Waals surface area contributed by atoms with Crippen molar-refractivity contribution in [2.24, 2.45) is 0 Å². The van der Waals surface area contributed by atoms with E-state index in [0.717, 1.165) is 0 Å². The highest BCUT2D eigenvalue weighted by atomic mass is 19.1. The van der Waals surface area contributed by atoms with Gasteiger partial charge in [0, 0.05) is 12.1 Å². The minimum absolute atomic E-state index is 0.0640. The number of amides is 2. The van der Waals surface area contributed by atoms with Crippen molar-refractivity contribution < 1.29 is 23.6 Å². The number of carbonyl (C=O) groups is 2. The van der Waals surface area contributed by atoms with E-state index in [0.29, 0.717) is 11.3 Å². The zero-order valence-corrected chi connectivity index (χ0v) is 13.8. The van der Waals surface area contributed by atoms with Crippen LogP contribution in [0.1, 0.15) is 12.5 Å². The molecule has 0 fully saturated rings. The highest BCUT2D eigenvalue weighted by Gasteiger charge is 2.15. The molecule has 9 heteroatoms. The van der Waals surface area contributed by atoms with Crippen LogP contribution in [-0.2, 0) is 16.0 Å². The van der Waals surface area contributed by atoms with E-state index in [2.05, 4.69) is 10.9 Å². The number of nitro benzene ring substituents is 1. The molecule has 0 spiro atoms. The fraction of sp³-hybridized carbons (Fsp3) is 0.176. The van der Waals surface area contributed by atoms with E-state index >= 15 is 0 Å². The zero-order valence-electron chi connectivity index (χ0n) is 13.8. The van der Waals surface area contributed by atoms with Crippen molar-refractivity contribution in [2.45, 2.75) is 19.4 Å². The standard InChI is InChI=1S/C17H16FN3O5/c1-11(26-15-8-4-13(18)5-9-15)17(23)20-19-16(22)10-12-2-6-14(7-3-12)21(24)25/h2-9,11H,10H2,1H3,(H,19,22)(H,20,23)/t11-/m0/s1. The smallest absolute Gasteiger partial charge is 0.279 e. The first kappa shape index (κ1) is 18.8. The Bertz CT molecular complexity index is 793. The number of nitrogens with zero attached hydrogens (tertiary/aromatic N) is 1. The normalized spacial score (nSPS) is 11.3. The van der Waals surface area contributed by atoms with Gasteiger partial charge in [0.25, 0.3) is 11.6 Å². The Balaban J connectivity index is 1.79. The van der Waals surface area contributed by atoms with Crippen molar-refractivity contribution in [3.8, 4) is 5.75 Å². The van der Waals surface area contributed by atoms with Gasteiger partial charge in [0.1, 0.15) is 11.6 Å². The molecule has 0 aliphatic rings. The first-order valence-corrected chi connectivity index (χ1v) is 7.59. The number of nitro groups is 1. The molecule has 1 atom stereocenters. The molecule has 0 radical (unpaired) electrons. The molecule has 8 nitrogen and oxygen atoms in total. The molecule has 2 N–H and O–H groups in total. The lowest BCUT2D eigenvalue weighted by atomic mass is 10.1. The summed E-state index contributed by atoms with van der Waals surface area (Å²) in [6.45, 7) is 1.47.